The van der Waals surface area contributed by atoms with Crippen molar-refractivity contribution in [3.63, 3.8) is 0 Å². The molecule has 0 aromatic heterocycles. The number of rotatable bonds is 12. The lowest BCUT2D eigenvalue weighted by atomic mass is 9.96. The zero-order chi connectivity index (χ0) is 23.3. The summed E-state index contributed by atoms with van der Waals surface area (Å²) < 4.78 is 5.13. The second-order valence-electron chi connectivity index (χ2n) is 7.83. The molecule has 0 aliphatic rings. The highest BCUT2D eigenvalue weighted by Gasteiger charge is 2.21. The zero-order valence-corrected chi connectivity index (χ0v) is 18.7. The summed E-state index contributed by atoms with van der Waals surface area (Å²) >= 11 is 0. The lowest BCUT2D eigenvalue weighted by Crippen LogP contribution is -2.42. The molecule has 7 heteroatoms. The molecule has 0 unspecified atom stereocenters. The van der Waals surface area contributed by atoms with Gasteiger partial charge in [-0.05, 0) is 48.9 Å². The molecule has 2 aromatic rings. The van der Waals surface area contributed by atoms with Gasteiger partial charge in [0, 0.05) is 19.4 Å². The number of ether oxygens (including phenoxy) is 1. The molecule has 32 heavy (non-hydrogen) atoms. The first kappa shape index (κ1) is 24.9. The number of nitrogens with one attached hydrogen (secondary N) is 2. The van der Waals surface area contributed by atoms with Gasteiger partial charge in [-0.15, -0.1) is 0 Å². The number of alkyl carbamates (subject to hydrolysis) is 1. The summed E-state index contributed by atoms with van der Waals surface area (Å²) in [5, 5.41) is 14.8. The first-order valence-electron chi connectivity index (χ1n) is 10.9. The average molecular weight is 441 g/mol. The fourth-order valence-corrected chi connectivity index (χ4v) is 3.39. The van der Waals surface area contributed by atoms with Crippen molar-refractivity contribution in [3.05, 3.63) is 70.8 Å². The Kier molecular flexibility index (Phi) is 10.2. The number of benzene rings is 2. The SMILES string of the molecule is Cc1cccc(C)c1C[C@@H](NC(=O)CCCCCNC(=O)OCc1ccccc1)C(=O)O. The van der Waals surface area contributed by atoms with Gasteiger partial charge in [0.15, 0.2) is 0 Å². The summed E-state index contributed by atoms with van der Waals surface area (Å²) in [4.78, 5) is 35.5. The number of carbonyl (C=O) groups excluding carboxylic acids is 2. The lowest BCUT2D eigenvalue weighted by molar-refractivity contribution is -0.141. The van der Waals surface area contributed by atoms with Gasteiger partial charge in [0.25, 0.3) is 0 Å². The summed E-state index contributed by atoms with van der Waals surface area (Å²) in [6.45, 7) is 4.56. The van der Waals surface area contributed by atoms with Crippen LogP contribution in [0.15, 0.2) is 48.5 Å². The van der Waals surface area contributed by atoms with Crippen molar-refractivity contribution in [1.29, 1.82) is 0 Å². The van der Waals surface area contributed by atoms with Crippen LogP contribution < -0.4 is 10.6 Å². The van der Waals surface area contributed by atoms with Crippen LogP contribution in [0.25, 0.3) is 0 Å². The second-order valence-corrected chi connectivity index (χ2v) is 7.83. The third-order valence-electron chi connectivity index (χ3n) is 5.25. The van der Waals surface area contributed by atoms with Crippen LogP contribution in [0.4, 0.5) is 4.79 Å². The van der Waals surface area contributed by atoms with Gasteiger partial charge < -0.3 is 20.5 Å². The minimum Gasteiger partial charge on any atom is -0.480 e. The Hall–Kier alpha value is -3.35. The Morgan fingerprint density at radius 3 is 2.28 bits per heavy atom. The topological polar surface area (TPSA) is 105 Å². The maximum absolute atomic E-state index is 12.2. The molecule has 1 atom stereocenters. The molecular formula is C25H32N2O5. The number of hydrogen-bond acceptors (Lipinski definition) is 4. The first-order chi connectivity index (χ1) is 15.4. The fraction of sp³-hybridized carbons (Fsp3) is 0.400. The van der Waals surface area contributed by atoms with Gasteiger partial charge in [0.2, 0.25) is 5.91 Å². The van der Waals surface area contributed by atoms with E-state index in [2.05, 4.69) is 10.6 Å². The van der Waals surface area contributed by atoms with E-state index in [1.54, 1.807) is 0 Å². The van der Waals surface area contributed by atoms with Crippen molar-refractivity contribution >= 4 is 18.0 Å². The van der Waals surface area contributed by atoms with Crippen LogP contribution >= 0.6 is 0 Å². The van der Waals surface area contributed by atoms with Gasteiger partial charge in [0.05, 0.1) is 0 Å². The van der Waals surface area contributed by atoms with E-state index in [4.69, 9.17) is 4.74 Å². The molecule has 7 nitrogen and oxygen atoms in total. The summed E-state index contributed by atoms with van der Waals surface area (Å²) in [6.07, 6.45) is 2.09. The fourth-order valence-electron chi connectivity index (χ4n) is 3.39. The molecule has 0 radical (unpaired) electrons. The van der Waals surface area contributed by atoms with Crippen LogP contribution in [0.1, 0.15) is 47.9 Å². The molecule has 0 aliphatic heterocycles. The summed E-state index contributed by atoms with van der Waals surface area (Å²) in [7, 11) is 0. The highest BCUT2D eigenvalue weighted by molar-refractivity contribution is 5.83. The molecule has 0 aliphatic carbocycles. The number of carboxylic acids is 1. The van der Waals surface area contributed by atoms with Gasteiger partial charge in [-0.2, -0.15) is 0 Å². The summed E-state index contributed by atoms with van der Waals surface area (Å²) in [5.41, 5.74) is 3.90. The second kappa shape index (κ2) is 13.1. The highest BCUT2D eigenvalue weighted by atomic mass is 16.5. The van der Waals surface area contributed by atoms with E-state index < -0.39 is 18.1 Å². The van der Waals surface area contributed by atoms with Crippen LogP contribution in [0.5, 0.6) is 0 Å². The van der Waals surface area contributed by atoms with E-state index in [0.717, 1.165) is 28.7 Å². The highest BCUT2D eigenvalue weighted by Crippen LogP contribution is 2.16. The predicted molar refractivity (Wildman–Crippen MR) is 122 cm³/mol. The van der Waals surface area contributed by atoms with E-state index in [1.165, 1.54) is 0 Å². The molecule has 0 fully saturated rings. The Bertz CT molecular complexity index is 878. The van der Waals surface area contributed by atoms with Crippen molar-refractivity contribution < 1.29 is 24.2 Å². The van der Waals surface area contributed by atoms with Gasteiger partial charge in [-0.3, -0.25) is 4.79 Å². The van der Waals surface area contributed by atoms with Gasteiger partial charge >= 0.3 is 12.1 Å². The normalized spacial score (nSPS) is 11.4. The van der Waals surface area contributed by atoms with Crippen molar-refractivity contribution in [2.75, 3.05) is 6.54 Å². The Balaban J connectivity index is 1.62. The monoisotopic (exact) mass is 440 g/mol. The van der Waals surface area contributed by atoms with E-state index in [-0.39, 0.29) is 25.4 Å². The molecule has 2 aromatic carbocycles. The third-order valence-corrected chi connectivity index (χ3v) is 5.25. The number of carboxylic acid groups (broad SMARTS) is 1. The van der Waals surface area contributed by atoms with Crippen LogP contribution in [0.2, 0.25) is 0 Å². The van der Waals surface area contributed by atoms with E-state index in [9.17, 15) is 19.5 Å². The molecule has 3 N–H and O–H groups in total. The smallest absolute Gasteiger partial charge is 0.407 e. The van der Waals surface area contributed by atoms with Gasteiger partial charge in [0.1, 0.15) is 12.6 Å². The number of unbranched alkanes of at least 4 members (excludes halogenated alkanes) is 2. The van der Waals surface area contributed by atoms with E-state index in [0.29, 0.717) is 19.4 Å². The van der Waals surface area contributed by atoms with Crippen LogP contribution in [-0.4, -0.2) is 35.7 Å². The molecule has 2 rings (SSSR count). The Labute approximate surface area is 189 Å². The molecule has 172 valence electrons. The van der Waals surface area contributed by atoms with Crippen LogP contribution in [-0.2, 0) is 27.4 Å². The average Bonchev–Trinajstić information content (AvgIpc) is 2.77. The van der Waals surface area contributed by atoms with Crippen molar-refractivity contribution in [1.82, 2.24) is 10.6 Å². The van der Waals surface area contributed by atoms with Gasteiger partial charge in [-0.25, -0.2) is 9.59 Å². The zero-order valence-electron chi connectivity index (χ0n) is 18.7. The van der Waals surface area contributed by atoms with Gasteiger partial charge in [-0.1, -0.05) is 55.0 Å². The number of hydrogen-bond donors (Lipinski definition) is 3. The molecule has 0 spiro atoms. The van der Waals surface area contributed by atoms with Crippen LogP contribution in [0, 0.1) is 13.8 Å². The van der Waals surface area contributed by atoms with E-state index in [1.807, 2.05) is 62.4 Å². The quantitative estimate of drug-likeness (QED) is 0.434. The first-order valence-corrected chi connectivity index (χ1v) is 10.9. The molecule has 0 saturated heterocycles. The number of carbonyl (C=O) groups is 3. The van der Waals surface area contributed by atoms with Crippen molar-refractivity contribution in [2.24, 2.45) is 0 Å². The number of aryl methyl sites for hydroxylation is 2. The molecule has 0 heterocycles. The third kappa shape index (κ3) is 8.79. The standard InChI is InChI=1S/C25H32N2O5/c1-18-10-9-11-19(2)21(18)16-22(24(29)30)27-23(28)14-7-4-8-15-26-25(31)32-17-20-12-5-3-6-13-20/h3,5-6,9-13,22H,4,7-8,14-17H2,1-2H3,(H,26,31)(H,27,28)(H,29,30)/t22-/m1/s1. The summed E-state index contributed by atoms with van der Waals surface area (Å²) in [6, 6.07) is 14.3. The van der Waals surface area contributed by atoms with Crippen LogP contribution in [0.3, 0.4) is 0 Å². The largest absolute Gasteiger partial charge is 0.480 e. The summed E-state index contributed by atoms with van der Waals surface area (Å²) in [5.74, 6) is -1.32. The van der Waals surface area contributed by atoms with Crippen molar-refractivity contribution in [2.45, 2.75) is 58.6 Å². The molecule has 2 amide bonds. The Morgan fingerprint density at radius 1 is 0.938 bits per heavy atom. The predicted octanol–water partition coefficient (Wildman–Crippen LogP) is 3.90. The van der Waals surface area contributed by atoms with Crippen molar-refractivity contribution in [3.8, 4) is 0 Å². The Morgan fingerprint density at radius 2 is 1.62 bits per heavy atom. The minimum absolute atomic E-state index is 0.222. The maximum atomic E-state index is 12.2. The van der Waals surface area contributed by atoms with E-state index >= 15 is 0 Å². The molecule has 0 bridgehead atoms. The lowest BCUT2D eigenvalue weighted by Gasteiger charge is -2.17. The molecular weight excluding hydrogens is 408 g/mol. The molecule has 0 saturated carbocycles. The number of amides is 2. The maximum Gasteiger partial charge on any atom is 0.407 e. The number of aliphatic carboxylic acids is 1. The minimum atomic E-state index is -1.04.